The van der Waals surface area contributed by atoms with Gasteiger partial charge in [0.15, 0.2) is 0 Å². The van der Waals surface area contributed by atoms with Crippen molar-refractivity contribution in [3.05, 3.63) is 0 Å². The third kappa shape index (κ3) is 6.46. The van der Waals surface area contributed by atoms with Crippen molar-refractivity contribution >= 4 is 17.9 Å². The number of rotatable bonds is 6. The summed E-state index contributed by atoms with van der Waals surface area (Å²) in [5.74, 6) is -1.05. The standard InChI is InChI=1S/C14H25N3O4/c1-13(2,3)16-10(18)5-8-15-12(21)17-14(6-4-7-14)9-11(19)20/h4-9H2,1-3H3,(H,16,18)(H,19,20)(H2,15,17,21). The van der Waals surface area contributed by atoms with E-state index in [9.17, 15) is 14.4 Å². The minimum Gasteiger partial charge on any atom is -0.481 e. The second-order valence-corrected chi connectivity index (χ2v) is 6.63. The maximum absolute atomic E-state index is 11.8. The van der Waals surface area contributed by atoms with Crippen LogP contribution in [0.25, 0.3) is 0 Å². The van der Waals surface area contributed by atoms with Crippen molar-refractivity contribution in [2.45, 2.75) is 64.0 Å². The van der Waals surface area contributed by atoms with Crippen LogP contribution in [0.15, 0.2) is 0 Å². The predicted molar refractivity (Wildman–Crippen MR) is 77.9 cm³/mol. The lowest BCUT2D eigenvalue weighted by Crippen LogP contribution is -2.57. The fraction of sp³-hybridized carbons (Fsp3) is 0.786. The Labute approximate surface area is 124 Å². The molecule has 1 aliphatic rings. The van der Waals surface area contributed by atoms with E-state index in [1.54, 1.807) is 0 Å². The van der Waals surface area contributed by atoms with Crippen molar-refractivity contribution in [1.29, 1.82) is 0 Å². The van der Waals surface area contributed by atoms with Crippen LogP contribution in [0.1, 0.15) is 52.9 Å². The van der Waals surface area contributed by atoms with Crippen LogP contribution in [0.5, 0.6) is 0 Å². The van der Waals surface area contributed by atoms with Crippen molar-refractivity contribution < 1.29 is 19.5 Å². The Balaban J connectivity index is 2.28. The summed E-state index contributed by atoms with van der Waals surface area (Å²) in [6.07, 6.45) is 2.40. The monoisotopic (exact) mass is 299 g/mol. The van der Waals surface area contributed by atoms with Gasteiger partial charge in [-0.3, -0.25) is 9.59 Å². The molecule has 4 N–H and O–H groups in total. The van der Waals surface area contributed by atoms with Gasteiger partial charge in [0.05, 0.1) is 12.0 Å². The van der Waals surface area contributed by atoms with Crippen LogP contribution in [0.2, 0.25) is 0 Å². The maximum Gasteiger partial charge on any atom is 0.315 e. The van der Waals surface area contributed by atoms with Gasteiger partial charge in [0.1, 0.15) is 0 Å². The zero-order chi connectivity index (χ0) is 16.1. The summed E-state index contributed by atoms with van der Waals surface area (Å²) in [5.41, 5.74) is -0.916. The molecule has 0 heterocycles. The van der Waals surface area contributed by atoms with Gasteiger partial charge in [0.25, 0.3) is 0 Å². The Bertz CT molecular complexity index is 411. The summed E-state index contributed by atoms with van der Waals surface area (Å²) in [7, 11) is 0. The van der Waals surface area contributed by atoms with E-state index < -0.39 is 17.5 Å². The molecule has 0 atom stereocenters. The smallest absolute Gasteiger partial charge is 0.315 e. The molecule has 0 radical (unpaired) electrons. The molecule has 7 heteroatoms. The van der Waals surface area contributed by atoms with E-state index in [0.29, 0.717) is 12.8 Å². The summed E-state index contributed by atoms with van der Waals surface area (Å²) >= 11 is 0. The molecule has 21 heavy (non-hydrogen) atoms. The topological polar surface area (TPSA) is 108 Å². The Morgan fingerprint density at radius 3 is 2.24 bits per heavy atom. The lowest BCUT2D eigenvalue weighted by molar-refractivity contribution is -0.139. The minimum absolute atomic E-state index is 0.0646. The van der Waals surface area contributed by atoms with Crippen molar-refractivity contribution in [2.75, 3.05) is 6.54 Å². The van der Waals surface area contributed by atoms with Gasteiger partial charge in [0, 0.05) is 18.5 Å². The third-order valence-corrected chi connectivity index (χ3v) is 3.33. The molecule has 0 saturated heterocycles. The van der Waals surface area contributed by atoms with Crippen LogP contribution < -0.4 is 16.0 Å². The van der Waals surface area contributed by atoms with Crippen LogP contribution >= 0.6 is 0 Å². The zero-order valence-electron chi connectivity index (χ0n) is 12.9. The average molecular weight is 299 g/mol. The molecule has 1 fully saturated rings. The van der Waals surface area contributed by atoms with Crippen LogP contribution in [0, 0.1) is 0 Å². The SMILES string of the molecule is CC(C)(C)NC(=O)CCNC(=O)NC1(CC(=O)O)CCC1. The quantitative estimate of drug-likeness (QED) is 0.586. The number of urea groups is 1. The number of aliphatic carboxylic acids is 1. The van der Waals surface area contributed by atoms with E-state index in [2.05, 4.69) is 16.0 Å². The summed E-state index contributed by atoms with van der Waals surface area (Å²) in [4.78, 5) is 34.1. The van der Waals surface area contributed by atoms with E-state index >= 15 is 0 Å². The van der Waals surface area contributed by atoms with Gasteiger partial charge in [-0.15, -0.1) is 0 Å². The molecule has 1 saturated carbocycles. The van der Waals surface area contributed by atoms with E-state index in [0.717, 1.165) is 6.42 Å². The molecule has 7 nitrogen and oxygen atoms in total. The van der Waals surface area contributed by atoms with Gasteiger partial charge < -0.3 is 21.1 Å². The predicted octanol–water partition coefficient (Wildman–Crippen LogP) is 0.988. The molecule has 0 aromatic carbocycles. The highest BCUT2D eigenvalue weighted by Crippen LogP contribution is 2.34. The van der Waals surface area contributed by atoms with E-state index in [-0.39, 0.29) is 30.8 Å². The van der Waals surface area contributed by atoms with Gasteiger partial charge >= 0.3 is 12.0 Å². The first-order chi connectivity index (χ1) is 9.62. The number of amides is 3. The molecule has 0 aliphatic heterocycles. The van der Waals surface area contributed by atoms with E-state index in [1.165, 1.54) is 0 Å². The van der Waals surface area contributed by atoms with Crippen LogP contribution in [-0.4, -0.2) is 40.6 Å². The Morgan fingerprint density at radius 1 is 1.19 bits per heavy atom. The first-order valence-electron chi connectivity index (χ1n) is 7.21. The lowest BCUT2D eigenvalue weighted by Gasteiger charge is -2.41. The molecule has 0 bridgehead atoms. The van der Waals surface area contributed by atoms with Crippen molar-refractivity contribution in [3.8, 4) is 0 Å². The number of hydrogen-bond donors (Lipinski definition) is 4. The molecular formula is C14H25N3O4. The van der Waals surface area contributed by atoms with Gasteiger partial charge in [-0.05, 0) is 40.0 Å². The molecular weight excluding hydrogens is 274 g/mol. The fourth-order valence-corrected chi connectivity index (χ4v) is 2.29. The largest absolute Gasteiger partial charge is 0.481 e. The highest BCUT2D eigenvalue weighted by molar-refractivity contribution is 5.79. The Morgan fingerprint density at radius 2 is 1.81 bits per heavy atom. The van der Waals surface area contributed by atoms with Gasteiger partial charge in [-0.2, -0.15) is 0 Å². The van der Waals surface area contributed by atoms with Crippen molar-refractivity contribution in [2.24, 2.45) is 0 Å². The highest BCUT2D eigenvalue weighted by atomic mass is 16.4. The Hall–Kier alpha value is -1.79. The van der Waals surface area contributed by atoms with Crippen LogP contribution in [0.3, 0.4) is 0 Å². The summed E-state index contributed by atoms with van der Waals surface area (Å²) in [6, 6.07) is -0.417. The molecule has 1 aliphatic carbocycles. The van der Waals surface area contributed by atoms with E-state index in [4.69, 9.17) is 5.11 Å². The average Bonchev–Trinajstić information content (AvgIpc) is 2.22. The highest BCUT2D eigenvalue weighted by Gasteiger charge is 2.40. The summed E-state index contributed by atoms with van der Waals surface area (Å²) in [6.45, 7) is 5.88. The molecule has 0 aromatic rings. The van der Waals surface area contributed by atoms with E-state index in [1.807, 2.05) is 20.8 Å². The first kappa shape index (κ1) is 17.3. The number of nitrogens with one attached hydrogen (secondary N) is 3. The first-order valence-corrected chi connectivity index (χ1v) is 7.21. The van der Waals surface area contributed by atoms with Gasteiger partial charge in [-0.1, -0.05) is 0 Å². The van der Waals surface area contributed by atoms with Gasteiger partial charge in [-0.25, -0.2) is 4.79 Å². The molecule has 0 unspecified atom stereocenters. The van der Waals surface area contributed by atoms with Crippen molar-refractivity contribution in [3.63, 3.8) is 0 Å². The number of carbonyl (C=O) groups is 3. The second kappa shape index (κ2) is 6.78. The molecule has 120 valence electrons. The molecule has 1 rings (SSSR count). The Kier molecular flexibility index (Phi) is 5.57. The minimum atomic E-state index is -0.917. The van der Waals surface area contributed by atoms with Crippen molar-refractivity contribution in [1.82, 2.24) is 16.0 Å². The number of carboxylic acids is 1. The van der Waals surface area contributed by atoms with Crippen LogP contribution in [0.4, 0.5) is 4.79 Å². The number of hydrogen-bond acceptors (Lipinski definition) is 3. The lowest BCUT2D eigenvalue weighted by atomic mass is 9.74. The molecule has 0 aromatic heterocycles. The second-order valence-electron chi connectivity index (χ2n) is 6.63. The summed E-state index contributed by atoms with van der Waals surface area (Å²) < 4.78 is 0. The van der Waals surface area contributed by atoms with Crippen LogP contribution in [-0.2, 0) is 9.59 Å². The summed E-state index contributed by atoms with van der Waals surface area (Å²) in [5, 5.41) is 17.0. The number of carboxylic acid groups (broad SMARTS) is 1. The fourth-order valence-electron chi connectivity index (χ4n) is 2.29. The third-order valence-electron chi connectivity index (χ3n) is 3.33. The number of carbonyl (C=O) groups excluding carboxylic acids is 2. The molecule has 3 amide bonds. The normalized spacial score (nSPS) is 16.5. The molecule has 0 spiro atoms. The zero-order valence-corrected chi connectivity index (χ0v) is 12.9. The maximum atomic E-state index is 11.8. The van der Waals surface area contributed by atoms with Gasteiger partial charge in [0.2, 0.25) is 5.91 Å².